The number of epoxide rings is 1. The molecule has 2 saturated heterocycles. The van der Waals surface area contributed by atoms with Crippen LogP contribution in [0.25, 0.3) is 0 Å². The Bertz CT molecular complexity index is 1060. The Morgan fingerprint density at radius 1 is 1.13 bits per heavy atom. The molecule has 3 aliphatic heterocycles. The third kappa shape index (κ3) is 4.59. The molecule has 0 unspecified atom stereocenters. The lowest BCUT2D eigenvalue weighted by molar-refractivity contribution is -0.240. The molecule has 2 aliphatic carbocycles. The largest absolute Gasteiger partial charge is 0.463 e. The minimum absolute atomic E-state index is 0.150. The first-order chi connectivity index (χ1) is 18.4. The summed E-state index contributed by atoms with van der Waals surface area (Å²) < 4.78 is 30.2. The Morgan fingerprint density at radius 2 is 1.87 bits per heavy atom. The van der Waals surface area contributed by atoms with Crippen LogP contribution in [0.5, 0.6) is 0 Å². The van der Waals surface area contributed by atoms with Gasteiger partial charge >= 0.3 is 11.9 Å². The summed E-state index contributed by atoms with van der Waals surface area (Å²) in [6.45, 7) is 7.58. The molecule has 216 valence electrons. The number of carbonyl (C=O) groups excluding carboxylic acids is 2. The minimum Gasteiger partial charge on any atom is -0.463 e. The predicted molar refractivity (Wildman–Crippen MR) is 137 cm³/mol. The Labute approximate surface area is 228 Å². The van der Waals surface area contributed by atoms with E-state index in [1.54, 1.807) is 26.0 Å². The Balaban J connectivity index is 1.53. The number of aliphatic hydroxyl groups is 3. The maximum atomic E-state index is 13.1. The highest BCUT2D eigenvalue weighted by molar-refractivity contribution is 5.82. The zero-order chi connectivity index (χ0) is 28.2. The number of hydrogen-bond acceptors (Lipinski definition) is 10. The zero-order valence-electron chi connectivity index (χ0n) is 22.9. The monoisotopic (exact) mass is 548 g/mol. The number of carbonyl (C=O) groups is 2. The first kappa shape index (κ1) is 28.4. The summed E-state index contributed by atoms with van der Waals surface area (Å²) in [6.07, 6.45) is 3.82. The van der Waals surface area contributed by atoms with E-state index in [2.05, 4.69) is 0 Å². The number of ether oxygens (including phenoxy) is 5. The minimum atomic E-state index is -1.40. The van der Waals surface area contributed by atoms with Gasteiger partial charge in [-0.25, -0.2) is 9.59 Å². The molecule has 1 saturated carbocycles. The summed E-state index contributed by atoms with van der Waals surface area (Å²) in [5.41, 5.74) is -1.79. The second kappa shape index (κ2) is 10.4. The molecule has 39 heavy (non-hydrogen) atoms. The van der Waals surface area contributed by atoms with Crippen LogP contribution in [0, 0.1) is 16.7 Å². The van der Waals surface area contributed by atoms with Crippen molar-refractivity contribution < 1.29 is 48.6 Å². The van der Waals surface area contributed by atoms with Gasteiger partial charge in [-0.15, -0.1) is 0 Å². The lowest BCUT2D eigenvalue weighted by atomic mass is 9.51. The van der Waals surface area contributed by atoms with Gasteiger partial charge in [0.1, 0.15) is 24.4 Å². The van der Waals surface area contributed by atoms with Crippen LogP contribution in [0.1, 0.15) is 47.0 Å². The van der Waals surface area contributed by atoms with Gasteiger partial charge in [0.2, 0.25) is 0 Å². The molecule has 5 aliphatic rings. The Morgan fingerprint density at radius 3 is 2.56 bits per heavy atom. The van der Waals surface area contributed by atoms with Crippen LogP contribution in [-0.4, -0.2) is 95.4 Å². The summed E-state index contributed by atoms with van der Waals surface area (Å²) in [4.78, 5) is 26.1. The fraction of sp³-hybridized carbons (Fsp3) is 0.724. The van der Waals surface area contributed by atoms with E-state index in [1.807, 2.05) is 19.9 Å². The maximum Gasteiger partial charge on any atom is 0.335 e. The average Bonchev–Trinajstić information content (AvgIpc) is 3.67. The standard InChI is InChI=1S/C29H40O10/c1-16-9-10-35-20(18(3)30)7-5-6-8-24(32)39-21-12-23-29(15-37-29)27(21,4)28(14-36-26(34)25(16)33)13-19(31)17(2)11-22(28)38-23/h5-8,11,16,18-23,25,30-31,33H,9-10,12-15H2,1-4H3/b7-5-,8-6-/t16-,18-,19-,20-,21-,22-,23-,25+,27-,28-,29-/m1/s1. The van der Waals surface area contributed by atoms with Crippen LogP contribution in [0.15, 0.2) is 36.0 Å². The summed E-state index contributed by atoms with van der Waals surface area (Å²) in [7, 11) is 0. The van der Waals surface area contributed by atoms with E-state index in [0.717, 1.165) is 5.57 Å². The van der Waals surface area contributed by atoms with Gasteiger partial charge in [0.05, 0.1) is 36.4 Å². The van der Waals surface area contributed by atoms with Crippen molar-refractivity contribution in [2.24, 2.45) is 16.7 Å². The average molecular weight is 549 g/mol. The molecule has 0 amide bonds. The highest BCUT2D eigenvalue weighted by Gasteiger charge is 2.83. The fourth-order valence-electron chi connectivity index (χ4n) is 7.05. The number of allylic oxidation sites excluding steroid dienone is 2. The second-order valence-corrected chi connectivity index (χ2v) is 12.0. The van der Waals surface area contributed by atoms with Crippen molar-refractivity contribution >= 4 is 11.9 Å². The van der Waals surface area contributed by atoms with Crippen LogP contribution in [0.4, 0.5) is 0 Å². The molecular weight excluding hydrogens is 508 g/mol. The van der Waals surface area contributed by atoms with Gasteiger partial charge in [-0.1, -0.05) is 38.2 Å². The first-order valence-electron chi connectivity index (χ1n) is 13.8. The highest BCUT2D eigenvalue weighted by Crippen LogP contribution is 2.72. The van der Waals surface area contributed by atoms with Crippen LogP contribution < -0.4 is 0 Å². The summed E-state index contributed by atoms with van der Waals surface area (Å²) >= 11 is 0. The number of cyclic esters (lactones) is 1. The lowest BCUT2D eigenvalue weighted by Crippen LogP contribution is -2.68. The summed E-state index contributed by atoms with van der Waals surface area (Å²) in [5.74, 6) is -1.81. The topological polar surface area (TPSA) is 144 Å². The van der Waals surface area contributed by atoms with Crippen molar-refractivity contribution in [2.45, 2.75) is 95.3 Å². The quantitative estimate of drug-likeness (QED) is 0.250. The fourth-order valence-corrected chi connectivity index (χ4v) is 7.05. The smallest absolute Gasteiger partial charge is 0.335 e. The van der Waals surface area contributed by atoms with Crippen molar-refractivity contribution in [3.05, 3.63) is 36.0 Å². The van der Waals surface area contributed by atoms with Gasteiger partial charge in [0, 0.05) is 24.5 Å². The third-order valence-electron chi connectivity index (χ3n) is 9.83. The molecule has 10 nitrogen and oxygen atoms in total. The van der Waals surface area contributed by atoms with E-state index in [9.17, 15) is 24.9 Å². The van der Waals surface area contributed by atoms with Crippen LogP contribution >= 0.6 is 0 Å². The van der Waals surface area contributed by atoms with Crippen LogP contribution in [0.2, 0.25) is 0 Å². The van der Waals surface area contributed by atoms with Crippen LogP contribution in [0.3, 0.4) is 0 Å². The molecular formula is C29H40O10. The van der Waals surface area contributed by atoms with Gasteiger partial charge < -0.3 is 39.0 Å². The molecule has 0 aromatic rings. The molecule has 11 atom stereocenters. The van der Waals surface area contributed by atoms with Crippen molar-refractivity contribution in [3.63, 3.8) is 0 Å². The first-order valence-corrected chi connectivity index (χ1v) is 13.8. The van der Waals surface area contributed by atoms with E-state index >= 15 is 0 Å². The number of esters is 2. The molecule has 2 spiro atoms. The van der Waals surface area contributed by atoms with Gasteiger partial charge in [0.15, 0.2) is 6.10 Å². The number of hydrogen-bond donors (Lipinski definition) is 3. The van der Waals surface area contributed by atoms with E-state index in [4.69, 9.17) is 23.7 Å². The molecule has 3 heterocycles. The van der Waals surface area contributed by atoms with Crippen molar-refractivity contribution in [1.29, 1.82) is 0 Å². The molecule has 0 aromatic carbocycles. The van der Waals surface area contributed by atoms with Gasteiger partial charge in [0.25, 0.3) is 0 Å². The van der Waals surface area contributed by atoms with E-state index in [-0.39, 0.29) is 25.7 Å². The SMILES string of the molecule is CC1=C[C@H]2O[C@@H]3C[C@H]4OC(=O)/C=C\C=C/[C@H]([C@@H](C)O)OCC[C@@H](C)[C@H](O)C(=O)OC[C@@]2(C[C@H]1O)[C@]4(C)[C@@]31CO1. The molecule has 10 heteroatoms. The van der Waals surface area contributed by atoms with E-state index < -0.39 is 70.9 Å². The maximum absolute atomic E-state index is 13.1. The lowest BCUT2D eigenvalue weighted by Gasteiger charge is -2.58. The number of rotatable bonds is 1. The highest BCUT2D eigenvalue weighted by atomic mass is 16.6. The summed E-state index contributed by atoms with van der Waals surface area (Å²) in [6, 6.07) is 0. The van der Waals surface area contributed by atoms with Crippen molar-refractivity contribution in [3.8, 4) is 0 Å². The Kier molecular flexibility index (Phi) is 7.58. The van der Waals surface area contributed by atoms with Crippen LogP contribution in [-0.2, 0) is 33.3 Å². The molecule has 2 bridgehead atoms. The summed E-state index contributed by atoms with van der Waals surface area (Å²) in [5, 5.41) is 31.8. The predicted octanol–water partition coefficient (Wildman–Crippen LogP) is 1.36. The van der Waals surface area contributed by atoms with Gasteiger partial charge in [-0.2, -0.15) is 0 Å². The van der Waals surface area contributed by atoms with E-state index in [1.165, 1.54) is 12.2 Å². The number of aliphatic hydroxyl groups excluding tert-OH is 3. The molecule has 0 aromatic heterocycles. The van der Waals surface area contributed by atoms with Crippen molar-refractivity contribution in [1.82, 2.24) is 0 Å². The molecule has 0 radical (unpaired) electrons. The van der Waals surface area contributed by atoms with Gasteiger partial charge in [-0.05, 0) is 38.2 Å². The molecule has 3 fully saturated rings. The van der Waals surface area contributed by atoms with E-state index in [0.29, 0.717) is 19.4 Å². The molecule has 3 N–H and O–H groups in total. The molecule has 5 rings (SSSR count). The Hall–Kier alpha value is -2.08. The third-order valence-corrected chi connectivity index (χ3v) is 9.83. The zero-order valence-corrected chi connectivity index (χ0v) is 22.9. The van der Waals surface area contributed by atoms with Gasteiger partial charge in [-0.3, -0.25) is 0 Å². The second-order valence-electron chi connectivity index (χ2n) is 12.0. The van der Waals surface area contributed by atoms with Crippen molar-refractivity contribution in [2.75, 3.05) is 19.8 Å². The normalized spacial score (nSPS) is 49.0.